The molecule has 0 saturated carbocycles. The molecule has 0 aliphatic heterocycles. The van der Waals surface area contributed by atoms with Gasteiger partial charge in [-0.05, 0) is 33.0 Å². The van der Waals surface area contributed by atoms with E-state index < -0.39 is 0 Å². The predicted octanol–water partition coefficient (Wildman–Crippen LogP) is 4.33. The van der Waals surface area contributed by atoms with E-state index in [0.29, 0.717) is 11.1 Å². The van der Waals surface area contributed by atoms with Crippen LogP contribution in [-0.2, 0) is 0 Å². The lowest BCUT2D eigenvalue weighted by Gasteiger charge is -2.12. The number of hydrogen-bond donors (Lipinski definition) is 0. The summed E-state index contributed by atoms with van der Waals surface area (Å²) in [6, 6.07) is 20.4. The highest BCUT2D eigenvalue weighted by Gasteiger charge is 2.13. The van der Waals surface area contributed by atoms with Crippen LogP contribution in [0.15, 0.2) is 48.5 Å². The van der Waals surface area contributed by atoms with Crippen molar-refractivity contribution in [3.63, 3.8) is 0 Å². The lowest BCUT2D eigenvalue weighted by Crippen LogP contribution is -1.90. The third kappa shape index (κ3) is 1.20. The van der Waals surface area contributed by atoms with E-state index in [1.807, 2.05) is 30.3 Å². The first kappa shape index (κ1) is 10.8. The zero-order chi connectivity index (χ0) is 13.7. The molecule has 0 N–H and O–H groups in total. The fourth-order valence-electron chi connectivity index (χ4n) is 3.02. The van der Waals surface area contributed by atoms with Crippen molar-refractivity contribution in [3.05, 3.63) is 59.7 Å². The van der Waals surface area contributed by atoms with Crippen LogP contribution < -0.4 is 0 Å². The number of nitriles is 2. The first-order valence-electron chi connectivity index (χ1n) is 6.34. The Morgan fingerprint density at radius 3 is 2.10 bits per heavy atom. The molecule has 2 nitrogen and oxygen atoms in total. The summed E-state index contributed by atoms with van der Waals surface area (Å²) < 4.78 is 0. The van der Waals surface area contributed by atoms with E-state index in [0.717, 1.165) is 26.9 Å². The average Bonchev–Trinajstić information content (AvgIpc) is 2.51. The van der Waals surface area contributed by atoms with Gasteiger partial charge in [0.1, 0.15) is 12.1 Å². The fraction of sp³-hybridized carbons (Fsp3) is 0. The topological polar surface area (TPSA) is 47.6 Å². The Morgan fingerprint density at radius 1 is 0.700 bits per heavy atom. The molecule has 0 aliphatic carbocycles. The Balaban J connectivity index is 2.42. The largest absolute Gasteiger partial charge is 0.192 e. The summed E-state index contributed by atoms with van der Waals surface area (Å²) in [7, 11) is 0. The Bertz CT molecular complexity index is 1050. The monoisotopic (exact) mass is 252 g/mol. The predicted molar refractivity (Wildman–Crippen MR) is 79.6 cm³/mol. The number of nitrogens with zero attached hydrogens (tertiary/aromatic N) is 2. The summed E-state index contributed by atoms with van der Waals surface area (Å²) in [5.41, 5.74) is 0.914. The third-order valence-corrected chi connectivity index (χ3v) is 3.88. The summed E-state index contributed by atoms with van der Waals surface area (Å²) in [6.45, 7) is 0. The molecule has 0 radical (unpaired) electrons. The van der Waals surface area contributed by atoms with Gasteiger partial charge in [-0.2, -0.15) is 10.5 Å². The molecule has 0 bridgehead atoms. The molecule has 0 aromatic heterocycles. The smallest absolute Gasteiger partial charge is 0.101 e. The molecular weight excluding hydrogens is 244 g/mol. The van der Waals surface area contributed by atoms with E-state index in [1.165, 1.54) is 5.39 Å². The molecule has 4 aromatic rings. The van der Waals surface area contributed by atoms with Crippen LogP contribution in [0.4, 0.5) is 0 Å². The van der Waals surface area contributed by atoms with Crippen LogP contribution in [0, 0.1) is 22.7 Å². The van der Waals surface area contributed by atoms with E-state index in [4.69, 9.17) is 0 Å². The van der Waals surface area contributed by atoms with Gasteiger partial charge in [0.2, 0.25) is 0 Å². The van der Waals surface area contributed by atoms with Crippen LogP contribution in [0.5, 0.6) is 0 Å². The Hall–Kier alpha value is -3.10. The van der Waals surface area contributed by atoms with Gasteiger partial charge < -0.3 is 0 Å². The van der Waals surface area contributed by atoms with Gasteiger partial charge in [0.05, 0.1) is 11.1 Å². The SMILES string of the molecule is N#Cc1cc2ccc3cccc4ccc(c1C#N)c2c34. The lowest BCUT2D eigenvalue weighted by atomic mass is 9.90. The highest BCUT2D eigenvalue weighted by Crippen LogP contribution is 2.36. The van der Waals surface area contributed by atoms with E-state index in [-0.39, 0.29) is 0 Å². The van der Waals surface area contributed by atoms with Crippen molar-refractivity contribution in [2.45, 2.75) is 0 Å². The number of benzene rings is 4. The van der Waals surface area contributed by atoms with Crippen LogP contribution in [0.1, 0.15) is 11.1 Å². The van der Waals surface area contributed by atoms with Gasteiger partial charge in [-0.1, -0.05) is 42.5 Å². The second kappa shape index (κ2) is 3.70. The zero-order valence-electron chi connectivity index (χ0n) is 10.5. The van der Waals surface area contributed by atoms with Gasteiger partial charge in [-0.3, -0.25) is 0 Å². The van der Waals surface area contributed by atoms with E-state index in [9.17, 15) is 10.5 Å². The summed E-state index contributed by atoms with van der Waals surface area (Å²) in [6.07, 6.45) is 0. The second-order valence-corrected chi connectivity index (χ2v) is 4.88. The molecule has 0 aliphatic rings. The van der Waals surface area contributed by atoms with Crippen molar-refractivity contribution >= 4 is 32.3 Å². The Labute approximate surface area is 115 Å². The minimum atomic E-state index is 0.443. The number of rotatable bonds is 0. The molecule has 0 fully saturated rings. The van der Waals surface area contributed by atoms with Gasteiger partial charge in [0.25, 0.3) is 0 Å². The van der Waals surface area contributed by atoms with Crippen molar-refractivity contribution in [3.8, 4) is 12.1 Å². The van der Waals surface area contributed by atoms with Crippen molar-refractivity contribution in [1.82, 2.24) is 0 Å². The third-order valence-electron chi connectivity index (χ3n) is 3.88. The van der Waals surface area contributed by atoms with Crippen molar-refractivity contribution in [2.24, 2.45) is 0 Å². The Kier molecular flexibility index (Phi) is 1.99. The molecule has 0 unspecified atom stereocenters. The lowest BCUT2D eigenvalue weighted by molar-refractivity contribution is 1.46. The first-order valence-corrected chi connectivity index (χ1v) is 6.34. The highest BCUT2D eigenvalue weighted by atomic mass is 14.3. The minimum absolute atomic E-state index is 0.443. The highest BCUT2D eigenvalue weighted by molar-refractivity contribution is 6.24. The summed E-state index contributed by atoms with van der Waals surface area (Å²) in [5, 5.41) is 25.1. The average molecular weight is 252 g/mol. The molecule has 0 amide bonds. The van der Waals surface area contributed by atoms with E-state index in [1.54, 1.807) is 0 Å². The van der Waals surface area contributed by atoms with Gasteiger partial charge in [-0.25, -0.2) is 0 Å². The van der Waals surface area contributed by atoms with Crippen LogP contribution in [0.25, 0.3) is 32.3 Å². The summed E-state index contributed by atoms with van der Waals surface area (Å²) in [4.78, 5) is 0. The fourth-order valence-corrected chi connectivity index (χ4v) is 3.02. The van der Waals surface area contributed by atoms with Crippen LogP contribution in [0.3, 0.4) is 0 Å². The normalized spacial score (nSPS) is 10.9. The Morgan fingerprint density at radius 2 is 1.40 bits per heavy atom. The van der Waals surface area contributed by atoms with Crippen LogP contribution in [0.2, 0.25) is 0 Å². The molecule has 0 saturated heterocycles. The standard InChI is InChI=1S/C18H8N2/c19-9-14-8-13-5-4-11-2-1-3-12-6-7-15(16(14)10-20)18(13)17(11)12/h1-8H. The summed E-state index contributed by atoms with van der Waals surface area (Å²) in [5.74, 6) is 0. The van der Waals surface area contributed by atoms with E-state index >= 15 is 0 Å². The van der Waals surface area contributed by atoms with Gasteiger partial charge >= 0.3 is 0 Å². The minimum Gasteiger partial charge on any atom is -0.192 e. The first-order chi connectivity index (χ1) is 9.83. The maximum absolute atomic E-state index is 9.38. The molecule has 4 aromatic carbocycles. The van der Waals surface area contributed by atoms with Crippen molar-refractivity contribution in [2.75, 3.05) is 0 Å². The maximum Gasteiger partial charge on any atom is 0.101 e. The van der Waals surface area contributed by atoms with Crippen LogP contribution in [-0.4, -0.2) is 0 Å². The molecule has 4 rings (SSSR count). The van der Waals surface area contributed by atoms with Crippen LogP contribution >= 0.6 is 0 Å². The molecule has 0 spiro atoms. The second-order valence-electron chi connectivity index (χ2n) is 4.88. The molecule has 20 heavy (non-hydrogen) atoms. The molecule has 0 atom stereocenters. The van der Waals surface area contributed by atoms with Gasteiger partial charge in [0.15, 0.2) is 0 Å². The van der Waals surface area contributed by atoms with Gasteiger partial charge in [-0.15, -0.1) is 0 Å². The van der Waals surface area contributed by atoms with Crippen molar-refractivity contribution in [1.29, 1.82) is 10.5 Å². The quantitative estimate of drug-likeness (QED) is 0.437. The van der Waals surface area contributed by atoms with Crippen molar-refractivity contribution < 1.29 is 0 Å². The molecular formula is C18H8N2. The molecule has 0 heterocycles. The van der Waals surface area contributed by atoms with Gasteiger partial charge in [0, 0.05) is 5.39 Å². The van der Waals surface area contributed by atoms with E-state index in [2.05, 4.69) is 30.3 Å². The zero-order valence-corrected chi connectivity index (χ0v) is 10.5. The molecule has 90 valence electrons. The number of hydrogen-bond acceptors (Lipinski definition) is 2. The summed E-state index contributed by atoms with van der Waals surface area (Å²) >= 11 is 0. The maximum atomic E-state index is 9.38. The molecule has 2 heteroatoms.